The van der Waals surface area contributed by atoms with E-state index in [2.05, 4.69) is 34.5 Å². The van der Waals surface area contributed by atoms with Crippen molar-refractivity contribution in [2.75, 3.05) is 25.0 Å². The van der Waals surface area contributed by atoms with Gasteiger partial charge in [-0.25, -0.2) is 0 Å². The van der Waals surface area contributed by atoms with E-state index < -0.39 is 0 Å². The van der Waals surface area contributed by atoms with Crippen molar-refractivity contribution in [1.29, 1.82) is 0 Å². The highest BCUT2D eigenvalue weighted by Gasteiger charge is 2.34. The van der Waals surface area contributed by atoms with Crippen LogP contribution in [-0.4, -0.2) is 43.0 Å². The number of halogens is 2. The number of nitrogens with zero attached hydrogens (tertiary/aromatic N) is 2. The zero-order chi connectivity index (χ0) is 17.2. The van der Waals surface area contributed by atoms with E-state index in [1.807, 2.05) is 11.9 Å². The molecule has 6 heteroatoms. The second kappa shape index (κ2) is 9.99. The largest absolute Gasteiger partial charge is 0.371 e. The highest BCUT2D eigenvalue weighted by Crippen LogP contribution is 2.33. The topological polar surface area (TPSA) is 35.6 Å². The van der Waals surface area contributed by atoms with Gasteiger partial charge in [0.2, 0.25) is 5.91 Å². The zero-order valence-corrected chi connectivity index (χ0v) is 17.9. The van der Waals surface area contributed by atoms with Crippen LogP contribution < -0.4 is 10.2 Å². The van der Waals surface area contributed by atoms with Crippen molar-refractivity contribution in [3.05, 3.63) is 29.8 Å². The Balaban J connectivity index is 0.00000131. The van der Waals surface area contributed by atoms with Gasteiger partial charge in [0.1, 0.15) is 0 Å². The molecule has 0 saturated carbocycles. The van der Waals surface area contributed by atoms with Gasteiger partial charge in [-0.2, -0.15) is 0 Å². The fraction of sp³-hybridized carbons (Fsp3) is 0.667. The summed E-state index contributed by atoms with van der Waals surface area (Å²) >= 11 is 0. The third-order valence-electron chi connectivity index (χ3n) is 6.31. The standard InChI is InChI=1S/C21H31N3O.2ClH/c1-23(21(25)14-16-12-18-8-9-19(13-16)22-18)15-17-6-2-3-7-20(17)24-10-4-5-11-24;;/h2-3,6-7,16,18-19,22H,4-5,8-15H2,1H3;2*1H. The van der Waals surface area contributed by atoms with Gasteiger partial charge in [-0.05, 0) is 56.1 Å². The average Bonchev–Trinajstić information content (AvgIpc) is 3.25. The molecule has 3 heterocycles. The maximum Gasteiger partial charge on any atom is 0.222 e. The summed E-state index contributed by atoms with van der Waals surface area (Å²) in [5, 5.41) is 3.67. The van der Waals surface area contributed by atoms with E-state index in [1.54, 1.807) is 0 Å². The lowest BCUT2D eigenvalue weighted by atomic mass is 9.89. The van der Waals surface area contributed by atoms with E-state index in [1.165, 1.54) is 49.8 Å². The highest BCUT2D eigenvalue weighted by atomic mass is 35.5. The lowest BCUT2D eigenvalue weighted by Crippen LogP contribution is -2.40. The molecule has 1 aromatic rings. The summed E-state index contributed by atoms with van der Waals surface area (Å²) in [4.78, 5) is 17.2. The first-order valence-corrected chi connectivity index (χ1v) is 10.0. The number of para-hydroxylation sites is 1. The number of piperidine rings is 1. The van der Waals surface area contributed by atoms with Gasteiger partial charge in [-0.15, -0.1) is 24.8 Å². The quantitative estimate of drug-likeness (QED) is 0.791. The lowest BCUT2D eigenvalue weighted by Gasteiger charge is -2.30. The van der Waals surface area contributed by atoms with Gasteiger partial charge >= 0.3 is 0 Å². The minimum atomic E-state index is 0. The molecule has 27 heavy (non-hydrogen) atoms. The van der Waals surface area contributed by atoms with Crippen LogP contribution in [0.5, 0.6) is 0 Å². The Morgan fingerprint density at radius 3 is 2.41 bits per heavy atom. The van der Waals surface area contributed by atoms with Gasteiger partial charge in [0.25, 0.3) is 0 Å². The van der Waals surface area contributed by atoms with Crippen molar-refractivity contribution in [2.24, 2.45) is 5.92 Å². The van der Waals surface area contributed by atoms with E-state index in [-0.39, 0.29) is 24.8 Å². The second-order valence-corrected chi connectivity index (χ2v) is 8.25. The molecule has 1 amide bonds. The number of benzene rings is 1. The number of rotatable bonds is 5. The van der Waals surface area contributed by atoms with E-state index in [0.717, 1.165) is 26.1 Å². The van der Waals surface area contributed by atoms with Crippen LogP contribution in [0.25, 0.3) is 0 Å². The Labute approximate surface area is 175 Å². The summed E-state index contributed by atoms with van der Waals surface area (Å²) in [6.45, 7) is 3.02. The van der Waals surface area contributed by atoms with Crippen LogP contribution in [0.3, 0.4) is 0 Å². The first-order valence-electron chi connectivity index (χ1n) is 10.0. The summed E-state index contributed by atoms with van der Waals surface area (Å²) in [6.07, 6.45) is 8.24. The summed E-state index contributed by atoms with van der Waals surface area (Å²) in [5.74, 6) is 0.880. The summed E-state index contributed by atoms with van der Waals surface area (Å²) in [5.41, 5.74) is 2.60. The van der Waals surface area contributed by atoms with Gasteiger partial charge in [-0.3, -0.25) is 4.79 Å². The predicted octanol–water partition coefficient (Wildman–Crippen LogP) is 4.01. The first kappa shape index (κ1) is 22.3. The second-order valence-electron chi connectivity index (χ2n) is 8.25. The molecule has 4 nitrogen and oxygen atoms in total. The van der Waals surface area contributed by atoms with Crippen LogP contribution in [0.1, 0.15) is 50.5 Å². The van der Waals surface area contributed by atoms with Gasteiger partial charge in [0.15, 0.2) is 0 Å². The van der Waals surface area contributed by atoms with Gasteiger partial charge in [0.05, 0.1) is 0 Å². The third-order valence-corrected chi connectivity index (χ3v) is 6.31. The van der Waals surface area contributed by atoms with E-state index in [9.17, 15) is 4.79 Å². The Kier molecular flexibility index (Phi) is 8.26. The van der Waals surface area contributed by atoms with E-state index in [4.69, 9.17) is 0 Å². The predicted molar refractivity (Wildman–Crippen MR) is 116 cm³/mol. The van der Waals surface area contributed by atoms with E-state index in [0.29, 0.717) is 23.9 Å². The number of carbonyl (C=O) groups is 1. The number of anilines is 1. The SMILES string of the molecule is CN(Cc1ccccc1N1CCCC1)C(=O)CC1CC2CCC(C1)N2.Cl.Cl. The number of hydrogen-bond acceptors (Lipinski definition) is 3. The molecule has 4 rings (SSSR count). The molecule has 3 fully saturated rings. The molecule has 0 aromatic heterocycles. The van der Waals surface area contributed by atoms with Crippen molar-refractivity contribution < 1.29 is 4.79 Å². The molecule has 3 aliphatic rings. The van der Waals surface area contributed by atoms with Gasteiger partial charge in [0, 0.05) is 50.9 Å². The van der Waals surface area contributed by atoms with Crippen molar-refractivity contribution in [1.82, 2.24) is 10.2 Å². The molecule has 2 unspecified atom stereocenters. The number of carbonyl (C=O) groups excluding carboxylic acids is 1. The lowest BCUT2D eigenvalue weighted by molar-refractivity contribution is -0.131. The molecular weight excluding hydrogens is 381 g/mol. The Morgan fingerprint density at radius 1 is 1.11 bits per heavy atom. The summed E-state index contributed by atoms with van der Waals surface area (Å²) < 4.78 is 0. The molecular formula is C21H33Cl2N3O. The van der Waals surface area contributed by atoms with Crippen molar-refractivity contribution in [2.45, 2.75) is 63.6 Å². The van der Waals surface area contributed by atoms with Crippen LogP contribution in [0.4, 0.5) is 5.69 Å². The van der Waals surface area contributed by atoms with Crippen LogP contribution in [0.15, 0.2) is 24.3 Å². The minimum absolute atomic E-state index is 0. The number of fused-ring (bicyclic) bond motifs is 2. The normalized spacial score (nSPS) is 26.3. The molecule has 1 aromatic carbocycles. The first-order chi connectivity index (χ1) is 12.2. The fourth-order valence-corrected chi connectivity index (χ4v) is 5.00. The average molecular weight is 414 g/mol. The molecule has 3 aliphatic heterocycles. The smallest absolute Gasteiger partial charge is 0.222 e. The molecule has 2 bridgehead atoms. The molecule has 0 spiro atoms. The van der Waals surface area contributed by atoms with E-state index >= 15 is 0 Å². The number of hydrogen-bond donors (Lipinski definition) is 1. The maximum atomic E-state index is 12.8. The Bertz CT molecular complexity index is 609. The molecule has 0 radical (unpaired) electrons. The molecule has 152 valence electrons. The number of amides is 1. The van der Waals surface area contributed by atoms with Crippen LogP contribution in [-0.2, 0) is 11.3 Å². The third kappa shape index (κ3) is 5.30. The zero-order valence-electron chi connectivity index (χ0n) is 16.2. The van der Waals surface area contributed by atoms with Crippen LogP contribution >= 0.6 is 24.8 Å². The van der Waals surface area contributed by atoms with Crippen molar-refractivity contribution in [3.8, 4) is 0 Å². The maximum absolute atomic E-state index is 12.8. The summed E-state index contributed by atoms with van der Waals surface area (Å²) in [7, 11) is 1.97. The Morgan fingerprint density at radius 2 is 1.74 bits per heavy atom. The van der Waals surface area contributed by atoms with Crippen LogP contribution in [0, 0.1) is 5.92 Å². The molecule has 2 atom stereocenters. The molecule has 3 saturated heterocycles. The molecule has 0 aliphatic carbocycles. The fourth-order valence-electron chi connectivity index (χ4n) is 5.00. The van der Waals surface area contributed by atoms with Crippen molar-refractivity contribution in [3.63, 3.8) is 0 Å². The van der Waals surface area contributed by atoms with Gasteiger partial charge < -0.3 is 15.1 Å². The van der Waals surface area contributed by atoms with Crippen LogP contribution in [0.2, 0.25) is 0 Å². The number of nitrogens with one attached hydrogen (secondary N) is 1. The van der Waals surface area contributed by atoms with Gasteiger partial charge in [-0.1, -0.05) is 18.2 Å². The molecule has 1 N–H and O–H groups in total. The summed E-state index contributed by atoms with van der Waals surface area (Å²) in [6, 6.07) is 9.93. The highest BCUT2D eigenvalue weighted by molar-refractivity contribution is 5.85. The van der Waals surface area contributed by atoms with Crippen molar-refractivity contribution >= 4 is 36.4 Å². The Hall–Kier alpha value is -0.970. The monoisotopic (exact) mass is 413 g/mol. The minimum Gasteiger partial charge on any atom is -0.371 e.